The molecular weight excluding hydrogens is 216 g/mol. The first kappa shape index (κ1) is 11.9. The molecule has 0 aliphatic heterocycles. The fraction of sp³-hybridized carbons (Fsp3) is 0.538. The van der Waals surface area contributed by atoms with Crippen molar-refractivity contribution >= 4 is 11.8 Å². The monoisotopic (exact) mass is 234 g/mol. The lowest BCUT2D eigenvalue weighted by Gasteiger charge is -2.07. The van der Waals surface area contributed by atoms with Gasteiger partial charge in [0.25, 0.3) is 0 Å². The van der Waals surface area contributed by atoms with Gasteiger partial charge in [-0.2, -0.15) is 0 Å². The minimum Gasteiger partial charge on any atom is -0.478 e. The van der Waals surface area contributed by atoms with Crippen LogP contribution in [0.4, 0.5) is 5.82 Å². The number of anilines is 1. The van der Waals surface area contributed by atoms with E-state index in [9.17, 15) is 4.79 Å². The molecule has 0 saturated heterocycles. The Morgan fingerprint density at radius 1 is 1.35 bits per heavy atom. The van der Waals surface area contributed by atoms with Gasteiger partial charge in [0, 0.05) is 12.2 Å². The number of hydrogen-bond acceptors (Lipinski definition) is 3. The molecular formula is C13H18N2O2. The lowest BCUT2D eigenvalue weighted by molar-refractivity contribution is 0.0697. The molecule has 0 spiro atoms. The van der Waals surface area contributed by atoms with Crippen molar-refractivity contribution in [3.63, 3.8) is 0 Å². The number of pyridine rings is 1. The minimum atomic E-state index is -0.926. The Bertz CT molecular complexity index is 452. The predicted molar refractivity (Wildman–Crippen MR) is 66.2 cm³/mol. The first-order valence-electron chi connectivity index (χ1n) is 5.72. The van der Waals surface area contributed by atoms with Crippen LogP contribution in [0.1, 0.15) is 38.1 Å². The summed E-state index contributed by atoms with van der Waals surface area (Å²) in [4.78, 5) is 15.0. The highest BCUT2D eigenvalue weighted by Crippen LogP contribution is 2.63. The quantitative estimate of drug-likeness (QED) is 0.844. The Morgan fingerprint density at radius 3 is 2.41 bits per heavy atom. The van der Waals surface area contributed by atoms with Crippen molar-refractivity contribution in [1.29, 1.82) is 0 Å². The maximum Gasteiger partial charge on any atom is 0.335 e. The Morgan fingerprint density at radius 2 is 1.94 bits per heavy atom. The predicted octanol–water partition coefficient (Wildman–Crippen LogP) is 2.63. The molecule has 0 radical (unpaired) electrons. The molecule has 4 heteroatoms. The molecule has 0 aromatic carbocycles. The van der Waals surface area contributed by atoms with E-state index in [1.807, 2.05) is 0 Å². The third-order valence-electron chi connectivity index (χ3n) is 4.32. The average molecular weight is 234 g/mol. The summed E-state index contributed by atoms with van der Waals surface area (Å²) < 4.78 is 0. The summed E-state index contributed by atoms with van der Waals surface area (Å²) in [7, 11) is 0. The van der Waals surface area contributed by atoms with Crippen LogP contribution in [0.2, 0.25) is 0 Å². The third kappa shape index (κ3) is 1.77. The van der Waals surface area contributed by atoms with Crippen LogP contribution in [0.25, 0.3) is 0 Å². The molecule has 1 fully saturated rings. The number of rotatable bonds is 3. The SMILES string of the molecule is CC1(C)C(Nc2cc(C(=O)O)ccn2)C1(C)C. The lowest BCUT2D eigenvalue weighted by Crippen LogP contribution is -2.12. The van der Waals surface area contributed by atoms with Crippen LogP contribution in [0.15, 0.2) is 18.3 Å². The van der Waals surface area contributed by atoms with Crippen molar-refractivity contribution in [2.24, 2.45) is 10.8 Å². The highest BCUT2D eigenvalue weighted by Gasteiger charge is 2.65. The number of carboxylic acid groups (broad SMARTS) is 1. The molecule has 1 aromatic rings. The Balaban J connectivity index is 2.16. The van der Waals surface area contributed by atoms with Gasteiger partial charge >= 0.3 is 5.97 Å². The van der Waals surface area contributed by atoms with E-state index >= 15 is 0 Å². The van der Waals surface area contributed by atoms with Crippen LogP contribution in [-0.2, 0) is 0 Å². The molecule has 2 rings (SSSR count). The van der Waals surface area contributed by atoms with E-state index in [0.29, 0.717) is 11.9 Å². The minimum absolute atomic E-state index is 0.202. The van der Waals surface area contributed by atoms with E-state index in [1.54, 1.807) is 6.07 Å². The van der Waals surface area contributed by atoms with Gasteiger partial charge in [-0.25, -0.2) is 9.78 Å². The second-order valence-corrected chi connectivity index (χ2v) is 5.76. The van der Waals surface area contributed by atoms with Crippen molar-refractivity contribution in [2.45, 2.75) is 33.7 Å². The van der Waals surface area contributed by atoms with Crippen LogP contribution in [-0.4, -0.2) is 22.1 Å². The Hall–Kier alpha value is -1.58. The maximum atomic E-state index is 10.9. The van der Waals surface area contributed by atoms with Crippen molar-refractivity contribution in [2.75, 3.05) is 5.32 Å². The second kappa shape index (κ2) is 3.45. The van der Waals surface area contributed by atoms with Crippen molar-refractivity contribution in [1.82, 2.24) is 4.98 Å². The topological polar surface area (TPSA) is 62.2 Å². The highest BCUT2D eigenvalue weighted by molar-refractivity contribution is 5.88. The summed E-state index contributed by atoms with van der Waals surface area (Å²) in [5, 5.41) is 12.2. The smallest absolute Gasteiger partial charge is 0.335 e. The highest BCUT2D eigenvalue weighted by atomic mass is 16.4. The number of hydrogen-bond donors (Lipinski definition) is 2. The Kier molecular flexibility index (Phi) is 2.42. The van der Waals surface area contributed by atoms with Crippen molar-refractivity contribution in [3.05, 3.63) is 23.9 Å². The van der Waals surface area contributed by atoms with Crippen molar-refractivity contribution in [3.8, 4) is 0 Å². The normalized spacial score (nSPS) is 20.9. The van der Waals surface area contributed by atoms with E-state index in [2.05, 4.69) is 38.0 Å². The number of carboxylic acids is 1. The van der Waals surface area contributed by atoms with Gasteiger partial charge in [-0.3, -0.25) is 0 Å². The van der Waals surface area contributed by atoms with Crippen LogP contribution >= 0.6 is 0 Å². The molecule has 0 atom stereocenters. The van der Waals surface area contributed by atoms with Crippen LogP contribution in [0.5, 0.6) is 0 Å². The molecule has 1 aliphatic rings. The van der Waals surface area contributed by atoms with Gasteiger partial charge < -0.3 is 10.4 Å². The summed E-state index contributed by atoms with van der Waals surface area (Å²) in [6.07, 6.45) is 1.52. The van der Waals surface area contributed by atoms with Gasteiger partial charge in [0.1, 0.15) is 5.82 Å². The van der Waals surface area contributed by atoms with E-state index in [-0.39, 0.29) is 16.4 Å². The number of aromatic carboxylic acids is 1. The molecule has 0 bridgehead atoms. The van der Waals surface area contributed by atoms with E-state index in [0.717, 1.165) is 0 Å². The third-order valence-corrected chi connectivity index (χ3v) is 4.32. The zero-order chi connectivity index (χ0) is 12.8. The lowest BCUT2D eigenvalue weighted by atomic mass is 10.0. The first-order valence-corrected chi connectivity index (χ1v) is 5.72. The number of aromatic nitrogens is 1. The molecule has 1 aliphatic carbocycles. The molecule has 0 amide bonds. The average Bonchev–Trinajstić information content (AvgIpc) is 2.61. The summed E-state index contributed by atoms with van der Waals surface area (Å²) >= 11 is 0. The molecule has 1 aromatic heterocycles. The van der Waals surface area contributed by atoms with E-state index < -0.39 is 5.97 Å². The van der Waals surface area contributed by atoms with Gasteiger partial charge in [-0.05, 0) is 23.0 Å². The van der Waals surface area contributed by atoms with Crippen LogP contribution < -0.4 is 5.32 Å². The Labute approximate surface area is 101 Å². The molecule has 2 N–H and O–H groups in total. The maximum absolute atomic E-state index is 10.9. The fourth-order valence-electron chi connectivity index (χ4n) is 2.35. The number of nitrogens with one attached hydrogen (secondary N) is 1. The summed E-state index contributed by atoms with van der Waals surface area (Å²) in [5.41, 5.74) is 0.667. The number of nitrogens with zero attached hydrogens (tertiary/aromatic N) is 1. The molecule has 4 nitrogen and oxygen atoms in total. The summed E-state index contributed by atoms with van der Waals surface area (Å²) in [6.45, 7) is 8.80. The van der Waals surface area contributed by atoms with Gasteiger partial charge in [0.2, 0.25) is 0 Å². The molecule has 1 saturated carbocycles. The van der Waals surface area contributed by atoms with E-state index in [4.69, 9.17) is 5.11 Å². The fourth-order valence-corrected chi connectivity index (χ4v) is 2.35. The second-order valence-electron chi connectivity index (χ2n) is 5.76. The van der Waals surface area contributed by atoms with Crippen LogP contribution in [0.3, 0.4) is 0 Å². The first-order chi connectivity index (χ1) is 7.76. The standard InChI is InChI=1S/C13H18N2O2/c1-12(2)11(13(12,3)4)15-9-7-8(10(16)17)5-6-14-9/h5-7,11H,1-4H3,(H,14,15)(H,16,17). The summed E-state index contributed by atoms with van der Waals surface area (Å²) in [5.74, 6) is -0.293. The van der Waals surface area contributed by atoms with E-state index in [1.165, 1.54) is 12.3 Å². The zero-order valence-electron chi connectivity index (χ0n) is 10.6. The molecule has 17 heavy (non-hydrogen) atoms. The van der Waals surface area contributed by atoms with Gasteiger partial charge in [0.15, 0.2) is 0 Å². The zero-order valence-corrected chi connectivity index (χ0v) is 10.6. The summed E-state index contributed by atoms with van der Waals surface area (Å²) in [6, 6.07) is 3.40. The molecule has 92 valence electrons. The van der Waals surface area contributed by atoms with Crippen LogP contribution in [0, 0.1) is 10.8 Å². The number of carbonyl (C=O) groups is 1. The van der Waals surface area contributed by atoms with Gasteiger partial charge in [0.05, 0.1) is 5.56 Å². The van der Waals surface area contributed by atoms with Crippen molar-refractivity contribution < 1.29 is 9.90 Å². The molecule has 1 heterocycles. The largest absolute Gasteiger partial charge is 0.478 e. The molecule has 0 unspecified atom stereocenters. The van der Waals surface area contributed by atoms with Gasteiger partial charge in [-0.1, -0.05) is 27.7 Å². The van der Waals surface area contributed by atoms with Gasteiger partial charge in [-0.15, -0.1) is 0 Å².